The molecule has 0 atom stereocenters. The van der Waals surface area contributed by atoms with Gasteiger partial charge in [0.05, 0.1) is 20.3 Å². The molecule has 2 saturated heterocycles. The van der Waals surface area contributed by atoms with E-state index < -0.39 is 0 Å². The van der Waals surface area contributed by atoms with Crippen molar-refractivity contribution in [1.29, 1.82) is 0 Å². The van der Waals surface area contributed by atoms with Crippen LogP contribution in [0.4, 0.5) is 0 Å². The number of carboxylic acid groups (broad SMARTS) is 1. The molecule has 9 nitrogen and oxygen atoms in total. The van der Waals surface area contributed by atoms with Crippen molar-refractivity contribution in [3.05, 3.63) is 17.7 Å². The third-order valence-electron chi connectivity index (χ3n) is 4.63. The van der Waals surface area contributed by atoms with Gasteiger partial charge in [-0.05, 0) is 18.9 Å². The topological polar surface area (TPSA) is 112 Å². The van der Waals surface area contributed by atoms with Crippen LogP contribution in [0.3, 0.4) is 0 Å². The molecule has 2 N–H and O–H groups in total. The normalized spacial score (nSPS) is 18.3. The molecule has 0 bridgehead atoms. The van der Waals surface area contributed by atoms with Gasteiger partial charge >= 0.3 is 0 Å². The highest BCUT2D eigenvalue weighted by atomic mass is 16.5. The summed E-state index contributed by atoms with van der Waals surface area (Å²) in [6.07, 6.45) is 1.69. The monoisotopic (exact) mass is 367 g/mol. The minimum atomic E-state index is -0.250. The quantitative estimate of drug-likeness (QED) is 0.720. The van der Waals surface area contributed by atoms with Gasteiger partial charge in [0.15, 0.2) is 0 Å². The fourth-order valence-corrected chi connectivity index (χ4v) is 3.25. The van der Waals surface area contributed by atoms with E-state index in [1.54, 1.807) is 12.1 Å². The third-order valence-corrected chi connectivity index (χ3v) is 4.63. The number of methoxy groups -OCH3 is 2. The molecule has 144 valence electrons. The molecule has 1 aromatic heterocycles. The molecule has 0 saturated carbocycles. The Hall–Kier alpha value is -2.39. The Morgan fingerprint density at radius 1 is 1.23 bits per heavy atom. The van der Waals surface area contributed by atoms with Crippen LogP contribution < -0.4 is 9.47 Å². The van der Waals surface area contributed by atoms with Crippen molar-refractivity contribution in [2.45, 2.75) is 25.0 Å². The number of aliphatic hydroxyl groups is 1. The molecule has 0 unspecified atom stereocenters. The van der Waals surface area contributed by atoms with Crippen molar-refractivity contribution in [3.8, 4) is 11.8 Å². The first kappa shape index (κ1) is 19.9. The van der Waals surface area contributed by atoms with E-state index in [2.05, 4.69) is 9.88 Å². The number of ether oxygens (including phenoxy) is 2. The number of amides is 1. The molecule has 0 aliphatic carbocycles. The fourth-order valence-electron chi connectivity index (χ4n) is 3.25. The highest BCUT2D eigenvalue weighted by molar-refractivity contribution is 5.96. The van der Waals surface area contributed by atoms with Gasteiger partial charge in [-0.1, -0.05) is 0 Å². The second-order valence-corrected chi connectivity index (χ2v) is 6.15. The van der Waals surface area contributed by atoms with Crippen molar-refractivity contribution in [1.82, 2.24) is 14.8 Å². The summed E-state index contributed by atoms with van der Waals surface area (Å²) in [5.41, 5.74) is 0.464. The van der Waals surface area contributed by atoms with Gasteiger partial charge in [0.2, 0.25) is 11.8 Å². The van der Waals surface area contributed by atoms with Crippen LogP contribution in [-0.4, -0.2) is 89.9 Å². The highest BCUT2D eigenvalue weighted by Crippen LogP contribution is 2.25. The lowest BCUT2D eigenvalue weighted by atomic mass is 9.98. The van der Waals surface area contributed by atoms with Crippen LogP contribution in [-0.2, 0) is 4.79 Å². The first-order chi connectivity index (χ1) is 12.5. The zero-order valence-electron chi connectivity index (χ0n) is 15.0. The zero-order chi connectivity index (χ0) is 19.1. The maximum Gasteiger partial charge on any atom is 0.290 e. The number of piperidine rings is 1. The van der Waals surface area contributed by atoms with Crippen LogP contribution in [0.2, 0.25) is 0 Å². The summed E-state index contributed by atoms with van der Waals surface area (Å²) in [5, 5.41) is 16.3. The average molecular weight is 367 g/mol. The molecule has 1 amide bonds. The van der Waals surface area contributed by atoms with Crippen LogP contribution in [0.25, 0.3) is 0 Å². The van der Waals surface area contributed by atoms with Crippen LogP contribution in [0, 0.1) is 0 Å². The number of carbonyl (C=O) groups is 2. The molecular formula is C17H25N3O6. The first-order valence-corrected chi connectivity index (χ1v) is 8.42. The van der Waals surface area contributed by atoms with Gasteiger partial charge in [-0.3, -0.25) is 14.5 Å². The minimum Gasteiger partial charge on any atom is -0.483 e. The summed E-state index contributed by atoms with van der Waals surface area (Å²) in [6, 6.07) is 3.84. The number of aromatic nitrogens is 1. The third kappa shape index (κ3) is 4.61. The second-order valence-electron chi connectivity index (χ2n) is 6.15. The minimum absolute atomic E-state index is 0.0564. The lowest BCUT2D eigenvalue weighted by Crippen LogP contribution is -2.58. The smallest absolute Gasteiger partial charge is 0.290 e. The predicted molar refractivity (Wildman–Crippen MR) is 92.5 cm³/mol. The molecule has 26 heavy (non-hydrogen) atoms. The van der Waals surface area contributed by atoms with E-state index in [4.69, 9.17) is 19.4 Å². The van der Waals surface area contributed by atoms with Gasteiger partial charge in [0, 0.05) is 38.3 Å². The maximum absolute atomic E-state index is 12.7. The van der Waals surface area contributed by atoms with Crippen LogP contribution in [0.1, 0.15) is 23.2 Å². The van der Waals surface area contributed by atoms with Crippen molar-refractivity contribution in [3.63, 3.8) is 0 Å². The second kappa shape index (κ2) is 9.35. The summed E-state index contributed by atoms with van der Waals surface area (Å²) >= 11 is 0. The summed E-state index contributed by atoms with van der Waals surface area (Å²) in [7, 11) is 3.03. The molecule has 1 aromatic rings. The number of hydrogen-bond acceptors (Lipinski definition) is 7. The molecular weight excluding hydrogens is 342 g/mol. The maximum atomic E-state index is 12.7. The van der Waals surface area contributed by atoms with Crippen LogP contribution >= 0.6 is 0 Å². The summed E-state index contributed by atoms with van der Waals surface area (Å²) in [4.78, 5) is 29.4. The van der Waals surface area contributed by atoms with Crippen molar-refractivity contribution in [2.24, 2.45) is 0 Å². The lowest BCUT2D eigenvalue weighted by Gasteiger charge is -2.45. The van der Waals surface area contributed by atoms with Gasteiger partial charge in [0.1, 0.15) is 5.56 Å². The Bertz CT molecular complexity index is 613. The molecule has 2 aliphatic rings. The van der Waals surface area contributed by atoms with Crippen LogP contribution in [0.5, 0.6) is 11.8 Å². The Morgan fingerprint density at radius 2 is 1.85 bits per heavy atom. The Labute approximate surface area is 152 Å². The predicted octanol–water partition coefficient (Wildman–Crippen LogP) is 0.0807. The SMILES string of the molecule is COc1ccc(C(=O)N2CCC(N3CC(O)C3)CC2)c(OC)n1.O=CO. The molecule has 0 spiro atoms. The Morgan fingerprint density at radius 3 is 2.35 bits per heavy atom. The Balaban J connectivity index is 0.000000758. The number of aliphatic hydroxyl groups excluding tert-OH is 1. The van der Waals surface area contributed by atoms with E-state index in [1.807, 2.05) is 4.90 Å². The average Bonchev–Trinajstić information content (AvgIpc) is 2.65. The summed E-state index contributed by atoms with van der Waals surface area (Å²) < 4.78 is 10.3. The highest BCUT2D eigenvalue weighted by Gasteiger charge is 2.34. The van der Waals surface area contributed by atoms with E-state index in [9.17, 15) is 9.90 Å². The molecule has 0 aromatic carbocycles. The van der Waals surface area contributed by atoms with Gasteiger partial charge in [-0.25, -0.2) is 0 Å². The van der Waals surface area contributed by atoms with Crippen molar-refractivity contribution < 1.29 is 29.3 Å². The van der Waals surface area contributed by atoms with E-state index in [0.29, 0.717) is 36.5 Å². The number of rotatable bonds is 4. The first-order valence-electron chi connectivity index (χ1n) is 8.42. The number of hydrogen-bond donors (Lipinski definition) is 2. The van der Waals surface area contributed by atoms with Gasteiger partial charge in [0.25, 0.3) is 12.4 Å². The number of pyridine rings is 1. The van der Waals surface area contributed by atoms with E-state index in [-0.39, 0.29) is 18.5 Å². The van der Waals surface area contributed by atoms with Gasteiger partial charge in [-0.15, -0.1) is 0 Å². The summed E-state index contributed by atoms with van der Waals surface area (Å²) in [6.45, 7) is 2.69. The number of β-amino-alcohol motifs (C(OH)–C–C–N with tert-alkyl or cyclic N) is 1. The molecule has 2 fully saturated rings. The van der Waals surface area contributed by atoms with Crippen molar-refractivity contribution >= 4 is 12.4 Å². The van der Waals surface area contributed by atoms with Crippen LogP contribution in [0.15, 0.2) is 12.1 Å². The van der Waals surface area contributed by atoms with Crippen molar-refractivity contribution in [2.75, 3.05) is 40.4 Å². The molecule has 2 aliphatic heterocycles. The van der Waals surface area contributed by atoms with Gasteiger partial charge < -0.3 is 24.6 Å². The fraction of sp³-hybridized carbons (Fsp3) is 0.588. The van der Waals surface area contributed by atoms with Gasteiger partial charge in [-0.2, -0.15) is 4.98 Å². The number of carbonyl (C=O) groups excluding carboxylic acids is 1. The Kier molecular flexibility index (Phi) is 7.16. The molecule has 0 radical (unpaired) electrons. The summed E-state index contributed by atoms with van der Waals surface area (Å²) in [5.74, 6) is 0.662. The number of likely N-dealkylation sites (tertiary alicyclic amines) is 2. The van der Waals surface area contributed by atoms with E-state index in [0.717, 1.165) is 25.9 Å². The molecule has 3 heterocycles. The number of nitrogens with zero attached hydrogens (tertiary/aromatic N) is 3. The molecule has 3 rings (SSSR count). The lowest BCUT2D eigenvalue weighted by molar-refractivity contribution is -0.122. The van der Waals surface area contributed by atoms with E-state index >= 15 is 0 Å². The standard InChI is InChI=1S/C16H23N3O4.CH2O2/c1-22-14-4-3-13(15(17-14)23-2)16(21)18-7-5-11(6-8-18)19-9-12(20)10-19;2-1-3/h3-4,11-12,20H,5-10H2,1-2H3;1H,(H,2,3). The largest absolute Gasteiger partial charge is 0.483 e. The zero-order valence-corrected chi connectivity index (χ0v) is 15.0. The molecule has 9 heteroatoms. The van der Waals surface area contributed by atoms with E-state index in [1.165, 1.54) is 14.2 Å².